The zero-order chi connectivity index (χ0) is 23.2. The maximum atomic E-state index is 12.6. The fourth-order valence-electron chi connectivity index (χ4n) is 4.07. The molecule has 0 radical (unpaired) electrons. The average Bonchev–Trinajstić information content (AvgIpc) is 3.22. The Hall–Kier alpha value is -4.00. The molecule has 3 aromatic rings. The number of hydrogen-bond acceptors (Lipinski definition) is 4. The van der Waals surface area contributed by atoms with E-state index in [2.05, 4.69) is 16.0 Å². The number of anilines is 2. The summed E-state index contributed by atoms with van der Waals surface area (Å²) in [6.07, 6.45) is 2.32. The third kappa shape index (κ3) is 5.44. The van der Waals surface area contributed by atoms with Gasteiger partial charge in [0.05, 0.1) is 24.5 Å². The first-order chi connectivity index (χ1) is 16.0. The van der Waals surface area contributed by atoms with Crippen molar-refractivity contribution in [3.05, 3.63) is 89.0 Å². The van der Waals surface area contributed by atoms with E-state index < -0.39 is 0 Å². The van der Waals surface area contributed by atoms with E-state index in [1.54, 1.807) is 25.3 Å². The van der Waals surface area contributed by atoms with E-state index in [0.717, 1.165) is 41.7 Å². The fourth-order valence-corrected chi connectivity index (χ4v) is 4.07. The van der Waals surface area contributed by atoms with Crippen LogP contribution in [0.2, 0.25) is 0 Å². The van der Waals surface area contributed by atoms with Crippen molar-refractivity contribution in [2.45, 2.75) is 25.3 Å². The Balaban J connectivity index is 1.31. The zero-order valence-corrected chi connectivity index (χ0v) is 18.6. The van der Waals surface area contributed by atoms with E-state index in [4.69, 9.17) is 10.5 Å². The Morgan fingerprint density at radius 2 is 1.91 bits per heavy atom. The summed E-state index contributed by atoms with van der Waals surface area (Å²) >= 11 is 0. The molecule has 3 aromatic carbocycles. The van der Waals surface area contributed by atoms with Crippen molar-refractivity contribution in [1.82, 2.24) is 10.6 Å². The smallest absolute Gasteiger partial charge is 0.315 e. The number of aryl methyl sites for hydroxylation is 1. The summed E-state index contributed by atoms with van der Waals surface area (Å²) in [5, 5.41) is 8.82. The number of fused-ring (bicyclic) bond motifs is 1. The number of carbonyl (C=O) groups excluding carboxylic acids is 2. The quantitative estimate of drug-likeness (QED) is 0.413. The van der Waals surface area contributed by atoms with E-state index >= 15 is 0 Å². The largest absolute Gasteiger partial charge is 0.497 e. The van der Waals surface area contributed by atoms with Crippen molar-refractivity contribution in [2.75, 3.05) is 24.7 Å². The molecule has 170 valence electrons. The van der Waals surface area contributed by atoms with Crippen LogP contribution in [0.15, 0.2) is 66.7 Å². The van der Waals surface area contributed by atoms with Crippen molar-refractivity contribution in [1.29, 1.82) is 0 Å². The number of urea groups is 1. The minimum Gasteiger partial charge on any atom is -0.497 e. The lowest BCUT2D eigenvalue weighted by molar-refractivity contribution is 0.102. The van der Waals surface area contributed by atoms with Crippen LogP contribution in [0.5, 0.6) is 5.75 Å². The van der Waals surface area contributed by atoms with Crippen LogP contribution in [-0.2, 0) is 12.8 Å². The second-order valence-corrected chi connectivity index (χ2v) is 8.05. The number of nitrogens with two attached hydrogens (primary N) is 1. The molecule has 7 nitrogen and oxygen atoms in total. The number of hydrogen-bond donors (Lipinski definition) is 4. The van der Waals surface area contributed by atoms with Crippen LogP contribution in [0.25, 0.3) is 0 Å². The molecule has 1 unspecified atom stereocenters. The molecule has 5 N–H and O–H groups in total. The first-order valence-corrected chi connectivity index (χ1v) is 11.0. The molecule has 0 fully saturated rings. The Kier molecular flexibility index (Phi) is 6.78. The van der Waals surface area contributed by atoms with Gasteiger partial charge in [-0.05, 0) is 72.4 Å². The topological polar surface area (TPSA) is 105 Å². The molecule has 1 atom stereocenters. The SMILES string of the molecule is COc1cccc(CCNC(=O)NC2CCc3cc(C(=O)Nc4ccccc4N)ccc32)c1. The van der Waals surface area contributed by atoms with Gasteiger partial charge in [0.1, 0.15) is 5.75 Å². The second-order valence-electron chi connectivity index (χ2n) is 8.05. The van der Waals surface area contributed by atoms with Crippen LogP contribution in [0.1, 0.15) is 39.5 Å². The predicted molar refractivity (Wildman–Crippen MR) is 130 cm³/mol. The van der Waals surface area contributed by atoms with E-state index in [9.17, 15) is 9.59 Å². The molecule has 0 aromatic heterocycles. The van der Waals surface area contributed by atoms with Gasteiger partial charge in [-0.3, -0.25) is 4.79 Å². The van der Waals surface area contributed by atoms with E-state index in [0.29, 0.717) is 23.5 Å². The summed E-state index contributed by atoms with van der Waals surface area (Å²) in [7, 11) is 1.64. The van der Waals surface area contributed by atoms with Crippen LogP contribution < -0.4 is 26.4 Å². The molecule has 0 saturated heterocycles. The summed E-state index contributed by atoms with van der Waals surface area (Å²) in [5.74, 6) is 0.599. The van der Waals surface area contributed by atoms with Gasteiger partial charge in [-0.15, -0.1) is 0 Å². The molecule has 0 heterocycles. The fraction of sp³-hybridized carbons (Fsp3) is 0.231. The normalized spacial score (nSPS) is 14.3. The number of rotatable bonds is 7. The van der Waals surface area contributed by atoms with Crippen LogP contribution >= 0.6 is 0 Å². The standard InChI is InChI=1S/C26H28N4O3/c1-33-20-6-4-5-17(15-20)13-14-28-26(32)30-23-12-10-18-16-19(9-11-21(18)23)25(31)29-24-8-3-2-7-22(24)27/h2-9,11,15-16,23H,10,12-14,27H2,1H3,(H,29,31)(H2,28,30,32). The number of nitrogen functional groups attached to an aromatic ring is 1. The Labute approximate surface area is 193 Å². The van der Waals surface area contributed by atoms with Gasteiger partial charge in [0, 0.05) is 12.1 Å². The van der Waals surface area contributed by atoms with Crippen LogP contribution in [0, 0.1) is 0 Å². The lowest BCUT2D eigenvalue weighted by atomic mass is 10.0. The lowest BCUT2D eigenvalue weighted by Crippen LogP contribution is -2.38. The van der Waals surface area contributed by atoms with Gasteiger partial charge in [0.15, 0.2) is 0 Å². The minimum atomic E-state index is -0.206. The minimum absolute atomic E-state index is 0.0706. The Morgan fingerprint density at radius 1 is 1.06 bits per heavy atom. The number of nitrogens with one attached hydrogen (secondary N) is 3. The highest BCUT2D eigenvalue weighted by atomic mass is 16.5. The molecule has 4 rings (SSSR count). The average molecular weight is 445 g/mol. The molecule has 7 heteroatoms. The molecule has 0 spiro atoms. The number of carbonyl (C=O) groups is 2. The van der Waals surface area contributed by atoms with E-state index in [1.165, 1.54) is 0 Å². The summed E-state index contributed by atoms with van der Waals surface area (Å²) in [5.41, 5.74) is 10.8. The van der Waals surface area contributed by atoms with Crippen LogP contribution in [0.4, 0.5) is 16.2 Å². The maximum absolute atomic E-state index is 12.6. The van der Waals surface area contributed by atoms with Crippen molar-refractivity contribution in [3.8, 4) is 5.75 Å². The summed E-state index contributed by atoms with van der Waals surface area (Å²) in [6, 6.07) is 20.3. The van der Waals surface area contributed by atoms with Gasteiger partial charge in [0.25, 0.3) is 5.91 Å². The highest BCUT2D eigenvalue weighted by molar-refractivity contribution is 6.05. The molecule has 0 aliphatic heterocycles. The van der Waals surface area contributed by atoms with E-state index in [1.807, 2.05) is 48.5 Å². The van der Waals surface area contributed by atoms with E-state index in [-0.39, 0.29) is 18.0 Å². The number of methoxy groups -OCH3 is 1. The molecule has 1 aliphatic rings. The van der Waals surface area contributed by atoms with Gasteiger partial charge in [0.2, 0.25) is 0 Å². The summed E-state index contributed by atoms with van der Waals surface area (Å²) in [6.45, 7) is 0.528. The highest BCUT2D eigenvalue weighted by Crippen LogP contribution is 2.32. The first kappa shape index (κ1) is 22.2. The summed E-state index contributed by atoms with van der Waals surface area (Å²) in [4.78, 5) is 25.1. The first-order valence-electron chi connectivity index (χ1n) is 11.0. The van der Waals surface area contributed by atoms with Gasteiger partial charge < -0.3 is 26.4 Å². The second kappa shape index (κ2) is 10.1. The lowest BCUT2D eigenvalue weighted by Gasteiger charge is -2.15. The molecular weight excluding hydrogens is 416 g/mol. The van der Waals surface area contributed by atoms with Crippen LogP contribution in [-0.4, -0.2) is 25.6 Å². The van der Waals surface area contributed by atoms with Crippen molar-refractivity contribution < 1.29 is 14.3 Å². The number of amides is 3. The third-order valence-electron chi connectivity index (χ3n) is 5.83. The number of para-hydroxylation sites is 2. The summed E-state index contributed by atoms with van der Waals surface area (Å²) < 4.78 is 5.23. The molecule has 0 saturated carbocycles. The predicted octanol–water partition coefficient (Wildman–Crippen LogP) is 4.06. The zero-order valence-electron chi connectivity index (χ0n) is 18.6. The Morgan fingerprint density at radius 3 is 2.73 bits per heavy atom. The monoisotopic (exact) mass is 444 g/mol. The Bertz CT molecular complexity index is 1160. The maximum Gasteiger partial charge on any atom is 0.315 e. The van der Waals surface area contributed by atoms with Gasteiger partial charge in [-0.25, -0.2) is 4.79 Å². The van der Waals surface area contributed by atoms with Crippen molar-refractivity contribution in [3.63, 3.8) is 0 Å². The van der Waals surface area contributed by atoms with Crippen molar-refractivity contribution in [2.24, 2.45) is 0 Å². The molecule has 0 bridgehead atoms. The molecule has 1 aliphatic carbocycles. The number of benzene rings is 3. The molecular formula is C26H28N4O3. The van der Waals surface area contributed by atoms with Crippen LogP contribution in [0.3, 0.4) is 0 Å². The van der Waals surface area contributed by atoms with Gasteiger partial charge in [-0.1, -0.05) is 30.3 Å². The molecule has 33 heavy (non-hydrogen) atoms. The number of ether oxygens (including phenoxy) is 1. The third-order valence-corrected chi connectivity index (χ3v) is 5.83. The van der Waals surface area contributed by atoms with Gasteiger partial charge in [-0.2, -0.15) is 0 Å². The highest BCUT2D eigenvalue weighted by Gasteiger charge is 2.25. The van der Waals surface area contributed by atoms with Crippen molar-refractivity contribution >= 4 is 23.3 Å². The molecule has 3 amide bonds. The van der Waals surface area contributed by atoms with Gasteiger partial charge >= 0.3 is 6.03 Å².